The van der Waals surface area contributed by atoms with E-state index in [1.165, 1.54) is 12.8 Å². The molecule has 2 unspecified atom stereocenters. The molecule has 3 nitrogen and oxygen atoms in total. The van der Waals surface area contributed by atoms with E-state index in [2.05, 4.69) is 24.5 Å². The molecule has 16 heavy (non-hydrogen) atoms. The molecule has 4 heteroatoms. The van der Waals surface area contributed by atoms with Crippen molar-refractivity contribution in [1.29, 1.82) is 0 Å². The summed E-state index contributed by atoms with van der Waals surface area (Å²) in [6, 6.07) is 0.300. The Morgan fingerprint density at radius 2 is 2.44 bits per heavy atom. The topological polar surface area (TPSA) is 41.1 Å². The highest BCUT2D eigenvalue weighted by atomic mass is 32.2. The quantitative estimate of drug-likeness (QED) is 0.746. The third kappa shape index (κ3) is 5.75. The summed E-state index contributed by atoms with van der Waals surface area (Å²) in [5, 5.41) is 6.42. The van der Waals surface area contributed by atoms with Gasteiger partial charge in [-0.3, -0.25) is 4.79 Å². The summed E-state index contributed by atoms with van der Waals surface area (Å²) in [4.78, 5) is 11.7. The van der Waals surface area contributed by atoms with E-state index < -0.39 is 0 Å². The van der Waals surface area contributed by atoms with Crippen molar-refractivity contribution in [3.63, 3.8) is 0 Å². The number of thioether (sulfide) groups is 1. The normalized spacial score (nSPS) is 22.8. The van der Waals surface area contributed by atoms with E-state index in [1.54, 1.807) is 0 Å². The Labute approximate surface area is 103 Å². The number of piperidine rings is 1. The molecule has 1 fully saturated rings. The Balaban J connectivity index is 2.13. The van der Waals surface area contributed by atoms with Crippen molar-refractivity contribution >= 4 is 17.7 Å². The minimum atomic E-state index is 0.220. The lowest BCUT2D eigenvalue weighted by molar-refractivity contribution is -0.122. The second kappa shape index (κ2) is 7.96. The first-order chi connectivity index (χ1) is 7.72. The van der Waals surface area contributed by atoms with E-state index in [9.17, 15) is 4.79 Å². The van der Waals surface area contributed by atoms with Gasteiger partial charge in [-0.15, -0.1) is 0 Å². The number of carbonyl (C=O) groups is 1. The van der Waals surface area contributed by atoms with Gasteiger partial charge in [0.2, 0.25) is 5.91 Å². The monoisotopic (exact) mass is 244 g/mol. The van der Waals surface area contributed by atoms with Crippen molar-refractivity contribution in [2.45, 2.75) is 39.2 Å². The zero-order chi connectivity index (χ0) is 11.8. The molecule has 0 aromatic heterocycles. The molecule has 1 aliphatic heterocycles. The first kappa shape index (κ1) is 13.8. The van der Waals surface area contributed by atoms with E-state index in [-0.39, 0.29) is 5.91 Å². The molecule has 1 saturated heterocycles. The second-order valence-electron chi connectivity index (χ2n) is 4.54. The molecule has 0 aromatic rings. The molecule has 0 bridgehead atoms. The number of nitrogens with one attached hydrogen (secondary N) is 2. The molecule has 0 saturated carbocycles. The lowest BCUT2D eigenvalue weighted by Gasteiger charge is -2.23. The zero-order valence-corrected chi connectivity index (χ0v) is 11.2. The van der Waals surface area contributed by atoms with Crippen LogP contribution < -0.4 is 10.6 Å². The van der Waals surface area contributed by atoms with Crippen LogP contribution in [0.1, 0.15) is 33.1 Å². The van der Waals surface area contributed by atoms with Crippen LogP contribution in [0.4, 0.5) is 0 Å². The van der Waals surface area contributed by atoms with Crippen LogP contribution in [0.2, 0.25) is 0 Å². The van der Waals surface area contributed by atoms with Gasteiger partial charge in [-0.1, -0.05) is 6.92 Å². The molecule has 1 aliphatic rings. The van der Waals surface area contributed by atoms with Crippen LogP contribution in [0.15, 0.2) is 0 Å². The summed E-state index contributed by atoms with van der Waals surface area (Å²) in [5.41, 5.74) is 0. The van der Waals surface area contributed by atoms with Crippen LogP contribution in [-0.2, 0) is 4.79 Å². The average Bonchev–Trinajstić information content (AvgIpc) is 2.27. The highest BCUT2D eigenvalue weighted by Crippen LogP contribution is 2.13. The smallest absolute Gasteiger partial charge is 0.220 e. The fraction of sp³-hybridized carbons (Fsp3) is 0.917. The number of carbonyl (C=O) groups excluding carboxylic acids is 1. The van der Waals surface area contributed by atoms with Crippen molar-refractivity contribution in [1.82, 2.24) is 10.6 Å². The van der Waals surface area contributed by atoms with Gasteiger partial charge in [0.1, 0.15) is 0 Å². The predicted octanol–water partition coefficient (Wildman–Crippen LogP) is 1.63. The Bertz CT molecular complexity index is 205. The Morgan fingerprint density at radius 1 is 1.62 bits per heavy atom. The average molecular weight is 244 g/mol. The van der Waals surface area contributed by atoms with Gasteiger partial charge in [-0.2, -0.15) is 11.8 Å². The van der Waals surface area contributed by atoms with Crippen molar-refractivity contribution in [2.75, 3.05) is 24.6 Å². The van der Waals surface area contributed by atoms with Gasteiger partial charge in [0.25, 0.3) is 0 Å². The molecule has 2 atom stereocenters. The number of hydrogen-bond donors (Lipinski definition) is 2. The van der Waals surface area contributed by atoms with Crippen LogP contribution in [-0.4, -0.2) is 36.5 Å². The van der Waals surface area contributed by atoms with Gasteiger partial charge in [0.15, 0.2) is 0 Å². The van der Waals surface area contributed by atoms with E-state index in [0.717, 1.165) is 24.6 Å². The molecule has 1 rings (SSSR count). The molecule has 0 aromatic carbocycles. The fourth-order valence-electron chi connectivity index (χ4n) is 2.03. The first-order valence-corrected chi connectivity index (χ1v) is 7.45. The number of hydrogen-bond acceptors (Lipinski definition) is 3. The molecule has 1 heterocycles. The van der Waals surface area contributed by atoms with Crippen molar-refractivity contribution in [2.24, 2.45) is 5.92 Å². The summed E-state index contributed by atoms with van der Waals surface area (Å²) in [5.74, 6) is 2.90. The lowest BCUT2D eigenvalue weighted by atomic mass is 9.96. The first-order valence-electron chi connectivity index (χ1n) is 6.30. The van der Waals surface area contributed by atoms with Crippen molar-refractivity contribution < 1.29 is 4.79 Å². The SMILES string of the molecule is CCSCC(C)NC(=O)CC1CCCNC1. The van der Waals surface area contributed by atoms with Crippen LogP contribution in [0.25, 0.3) is 0 Å². The number of amides is 1. The summed E-state index contributed by atoms with van der Waals surface area (Å²) >= 11 is 1.88. The summed E-state index contributed by atoms with van der Waals surface area (Å²) in [7, 11) is 0. The molecule has 0 spiro atoms. The van der Waals surface area contributed by atoms with Crippen molar-refractivity contribution in [3.8, 4) is 0 Å². The maximum Gasteiger partial charge on any atom is 0.220 e. The molecular formula is C12H24N2OS. The maximum atomic E-state index is 11.7. The minimum absolute atomic E-state index is 0.220. The molecule has 0 radical (unpaired) electrons. The van der Waals surface area contributed by atoms with E-state index >= 15 is 0 Å². The maximum absolute atomic E-state index is 11.7. The zero-order valence-electron chi connectivity index (χ0n) is 10.4. The van der Waals surface area contributed by atoms with Crippen LogP contribution in [0.3, 0.4) is 0 Å². The minimum Gasteiger partial charge on any atom is -0.353 e. The standard InChI is InChI=1S/C12H24N2OS/c1-3-16-9-10(2)14-12(15)7-11-5-4-6-13-8-11/h10-11,13H,3-9H2,1-2H3,(H,14,15). The molecular weight excluding hydrogens is 220 g/mol. The van der Waals surface area contributed by atoms with Gasteiger partial charge in [-0.05, 0) is 44.5 Å². The molecule has 0 aliphatic carbocycles. The largest absolute Gasteiger partial charge is 0.353 e. The van der Waals surface area contributed by atoms with E-state index in [1.807, 2.05) is 11.8 Å². The van der Waals surface area contributed by atoms with E-state index in [4.69, 9.17) is 0 Å². The van der Waals surface area contributed by atoms with Crippen molar-refractivity contribution in [3.05, 3.63) is 0 Å². The second-order valence-corrected chi connectivity index (χ2v) is 5.86. The lowest BCUT2D eigenvalue weighted by Crippen LogP contribution is -2.38. The molecule has 1 amide bonds. The summed E-state index contributed by atoms with van der Waals surface area (Å²) < 4.78 is 0. The fourth-order valence-corrected chi connectivity index (χ4v) is 2.70. The highest BCUT2D eigenvalue weighted by molar-refractivity contribution is 7.99. The molecule has 94 valence electrons. The van der Waals surface area contributed by atoms with Gasteiger partial charge in [0.05, 0.1) is 0 Å². The van der Waals surface area contributed by atoms with Gasteiger partial charge < -0.3 is 10.6 Å². The van der Waals surface area contributed by atoms with Gasteiger partial charge in [0, 0.05) is 18.2 Å². The summed E-state index contributed by atoms with van der Waals surface area (Å²) in [6.07, 6.45) is 3.09. The third-order valence-electron chi connectivity index (χ3n) is 2.85. The predicted molar refractivity (Wildman–Crippen MR) is 70.8 cm³/mol. The molecule has 2 N–H and O–H groups in total. The van der Waals surface area contributed by atoms with Gasteiger partial charge in [-0.25, -0.2) is 0 Å². The van der Waals surface area contributed by atoms with Gasteiger partial charge >= 0.3 is 0 Å². The van der Waals surface area contributed by atoms with Crippen LogP contribution in [0.5, 0.6) is 0 Å². The third-order valence-corrected chi connectivity index (χ3v) is 4.00. The highest BCUT2D eigenvalue weighted by Gasteiger charge is 2.17. The van der Waals surface area contributed by atoms with Crippen LogP contribution in [0, 0.1) is 5.92 Å². The number of rotatable bonds is 6. The van der Waals surface area contributed by atoms with E-state index in [0.29, 0.717) is 18.4 Å². The Morgan fingerprint density at radius 3 is 3.06 bits per heavy atom. The Hall–Kier alpha value is -0.220. The summed E-state index contributed by atoms with van der Waals surface area (Å²) in [6.45, 7) is 6.35. The Kier molecular flexibility index (Phi) is 6.88. The van der Waals surface area contributed by atoms with Crippen LogP contribution >= 0.6 is 11.8 Å².